The van der Waals surface area contributed by atoms with E-state index in [1.54, 1.807) is 19.1 Å². The molecule has 0 amide bonds. The molecule has 0 aromatic heterocycles. The minimum atomic E-state index is -4.18. The van der Waals surface area contributed by atoms with Crippen molar-refractivity contribution in [2.24, 2.45) is 0 Å². The minimum absolute atomic E-state index is 0.0517. The van der Waals surface area contributed by atoms with E-state index in [0.29, 0.717) is 10.6 Å². The highest BCUT2D eigenvalue weighted by atomic mass is 35.5. The number of carboxylic acids is 1. The fraction of sp³-hybridized carbons (Fsp3) is 0.133. The SMILES string of the molecule is Cc1c(Cl)cccc1N(CC(=O)O)S(=O)(=O)c1ccc(Cl)c(Cl)c1. The van der Waals surface area contributed by atoms with E-state index in [4.69, 9.17) is 39.9 Å². The van der Waals surface area contributed by atoms with Crippen LogP contribution in [0.15, 0.2) is 41.3 Å². The number of nitrogens with zero attached hydrogens (tertiary/aromatic N) is 1. The zero-order valence-corrected chi connectivity index (χ0v) is 15.4. The number of halogens is 3. The van der Waals surface area contributed by atoms with Crippen LogP contribution in [0, 0.1) is 6.92 Å². The largest absolute Gasteiger partial charge is 0.480 e. The van der Waals surface area contributed by atoms with Gasteiger partial charge in [-0.05, 0) is 42.8 Å². The van der Waals surface area contributed by atoms with Crippen molar-refractivity contribution in [2.75, 3.05) is 10.8 Å². The minimum Gasteiger partial charge on any atom is -0.480 e. The molecular weight excluding hydrogens is 397 g/mol. The third-order valence-corrected chi connectivity index (χ3v) is 6.17. The number of carbonyl (C=O) groups is 1. The van der Waals surface area contributed by atoms with Gasteiger partial charge in [0.05, 0.1) is 20.6 Å². The van der Waals surface area contributed by atoms with Gasteiger partial charge in [0, 0.05) is 5.02 Å². The molecule has 0 atom stereocenters. The summed E-state index contributed by atoms with van der Waals surface area (Å²) < 4.78 is 26.6. The molecule has 2 aromatic rings. The molecule has 0 spiro atoms. The summed E-state index contributed by atoms with van der Waals surface area (Å²) in [5.41, 5.74) is 0.625. The Hall–Kier alpha value is -1.47. The fourth-order valence-electron chi connectivity index (χ4n) is 2.05. The summed E-state index contributed by atoms with van der Waals surface area (Å²) in [6.45, 7) is 0.848. The normalized spacial score (nSPS) is 11.3. The van der Waals surface area contributed by atoms with Gasteiger partial charge in [-0.1, -0.05) is 40.9 Å². The Kier molecular flexibility index (Phi) is 5.65. The van der Waals surface area contributed by atoms with Crippen LogP contribution in [0.2, 0.25) is 15.1 Å². The second-order valence-corrected chi connectivity index (χ2v) is 7.95. The number of sulfonamides is 1. The summed E-state index contributed by atoms with van der Waals surface area (Å²) in [6.07, 6.45) is 0. The molecule has 2 aromatic carbocycles. The molecule has 0 unspecified atom stereocenters. The smallest absolute Gasteiger partial charge is 0.324 e. The van der Waals surface area contributed by atoms with Crippen LogP contribution in [0.5, 0.6) is 0 Å². The van der Waals surface area contributed by atoms with Gasteiger partial charge in [0.1, 0.15) is 6.54 Å². The molecule has 0 fully saturated rings. The van der Waals surface area contributed by atoms with Gasteiger partial charge in [0.25, 0.3) is 10.0 Å². The molecule has 0 bridgehead atoms. The number of hydrogen-bond donors (Lipinski definition) is 1. The van der Waals surface area contributed by atoms with Crippen LogP contribution in [-0.4, -0.2) is 26.0 Å². The lowest BCUT2D eigenvalue weighted by atomic mass is 10.2. The molecule has 1 N–H and O–H groups in total. The molecule has 0 aliphatic rings. The fourth-order valence-corrected chi connectivity index (χ4v) is 4.08. The first-order chi connectivity index (χ1) is 11.1. The Morgan fingerprint density at radius 2 is 1.75 bits per heavy atom. The monoisotopic (exact) mass is 407 g/mol. The first-order valence-electron chi connectivity index (χ1n) is 6.59. The first kappa shape index (κ1) is 18.9. The zero-order valence-electron chi connectivity index (χ0n) is 12.3. The Balaban J connectivity index is 2.64. The number of aliphatic carboxylic acids is 1. The lowest BCUT2D eigenvalue weighted by Crippen LogP contribution is -2.36. The van der Waals surface area contributed by atoms with E-state index >= 15 is 0 Å². The molecule has 0 saturated heterocycles. The number of hydrogen-bond acceptors (Lipinski definition) is 3. The van der Waals surface area contributed by atoms with Gasteiger partial charge in [0.15, 0.2) is 0 Å². The molecule has 5 nitrogen and oxygen atoms in total. The second-order valence-electron chi connectivity index (χ2n) is 4.87. The van der Waals surface area contributed by atoms with Gasteiger partial charge in [-0.15, -0.1) is 0 Å². The maximum Gasteiger partial charge on any atom is 0.324 e. The van der Waals surface area contributed by atoms with E-state index in [1.165, 1.54) is 24.3 Å². The van der Waals surface area contributed by atoms with Gasteiger partial charge < -0.3 is 5.11 Å². The van der Waals surface area contributed by atoms with E-state index in [1.807, 2.05) is 0 Å². The number of rotatable bonds is 5. The Bertz CT molecular complexity index is 900. The summed E-state index contributed by atoms with van der Waals surface area (Å²) in [5, 5.41) is 9.70. The summed E-state index contributed by atoms with van der Waals surface area (Å²) in [7, 11) is -4.18. The summed E-state index contributed by atoms with van der Waals surface area (Å²) in [5.74, 6) is -1.31. The van der Waals surface area contributed by atoms with Crippen molar-refractivity contribution >= 4 is 56.5 Å². The van der Waals surface area contributed by atoms with Gasteiger partial charge in [0.2, 0.25) is 0 Å². The molecule has 128 valence electrons. The number of anilines is 1. The molecule has 9 heteroatoms. The van der Waals surface area contributed by atoms with Crippen molar-refractivity contribution in [3.05, 3.63) is 57.0 Å². The van der Waals surface area contributed by atoms with Crippen molar-refractivity contribution in [1.82, 2.24) is 0 Å². The third kappa shape index (κ3) is 3.78. The standard InChI is InChI=1S/C15H12Cl3NO4S/c1-9-11(16)3-2-4-14(9)19(8-15(20)21)24(22,23)10-5-6-12(17)13(18)7-10/h2-7H,8H2,1H3,(H,20,21). The zero-order chi connectivity index (χ0) is 18.1. The van der Waals surface area contributed by atoms with Gasteiger partial charge in [-0.2, -0.15) is 0 Å². The van der Waals surface area contributed by atoms with Gasteiger partial charge >= 0.3 is 5.97 Å². The van der Waals surface area contributed by atoms with Crippen molar-refractivity contribution in [3.63, 3.8) is 0 Å². The highest BCUT2D eigenvalue weighted by Gasteiger charge is 2.29. The lowest BCUT2D eigenvalue weighted by molar-refractivity contribution is -0.135. The predicted molar refractivity (Wildman–Crippen MR) is 94.8 cm³/mol. The van der Waals surface area contributed by atoms with E-state index in [-0.39, 0.29) is 20.6 Å². The Labute approximate surface area is 154 Å². The molecule has 0 aliphatic carbocycles. The lowest BCUT2D eigenvalue weighted by Gasteiger charge is -2.25. The Morgan fingerprint density at radius 1 is 1.08 bits per heavy atom. The molecule has 0 heterocycles. The molecule has 0 radical (unpaired) electrons. The maximum atomic E-state index is 12.9. The molecule has 0 saturated carbocycles. The van der Waals surface area contributed by atoms with Crippen LogP contribution in [0.1, 0.15) is 5.56 Å². The first-order valence-corrected chi connectivity index (χ1v) is 9.16. The van der Waals surface area contributed by atoms with Crippen LogP contribution in [-0.2, 0) is 14.8 Å². The van der Waals surface area contributed by atoms with Crippen molar-refractivity contribution in [2.45, 2.75) is 11.8 Å². The third-order valence-electron chi connectivity index (χ3n) is 3.27. The van der Waals surface area contributed by atoms with Crippen LogP contribution >= 0.6 is 34.8 Å². The highest BCUT2D eigenvalue weighted by Crippen LogP contribution is 2.32. The topological polar surface area (TPSA) is 74.7 Å². The maximum absolute atomic E-state index is 12.9. The predicted octanol–water partition coefficient (Wildman–Crippen LogP) is 4.24. The van der Waals surface area contributed by atoms with Crippen LogP contribution in [0.4, 0.5) is 5.69 Å². The van der Waals surface area contributed by atoms with E-state index < -0.39 is 22.5 Å². The van der Waals surface area contributed by atoms with Gasteiger partial charge in [-0.3, -0.25) is 9.10 Å². The quantitative estimate of drug-likeness (QED) is 0.803. The van der Waals surface area contributed by atoms with Gasteiger partial charge in [-0.25, -0.2) is 8.42 Å². The number of carboxylic acid groups (broad SMARTS) is 1. The molecule has 24 heavy (non-hydrogen) atoms. The molecule has 2 rings (SSSR count). The second kappa shape index (κ2) is 7.19. The average Bonchev–Trinajstić information content (AvgIpc) is 2.50. The molecule has 0 aliphatic heterocycles. The van der Waals surface area contributed by atoms with Crippen molar-refractivity contribution in [3.8, 4) is 0 Å². The summed E-state index contributed by atoms with van der Waals surface area (Å²) >= 11 is 17.7. The van der Waals surface area contributed by atoms with Crippen LogP contribution in [0.25, 0.3) is 0 Å². The van der Waals surface area contributed by atoms with Crippen LogP contribution < -0.4 is 4.31 Å². The van der Waals surface area contributed by atoms with Crippen LogP contribution in [0.3, 0.4) is 0 Å². The van der Waals surface area contributed by atoms with Crippen molar-refractivity contribution < 1.29 is 18.3 Å². The molecular formula is C15H12Cl3NO4S. The number of benzene rings is 2. The summed E-state index contributed by atoms with van der Waals surface area (Å²) in [4.78, 5) is 11.0. The van der Waals surface area contributed by atoms with E-state index in [0.717, 1.165) is 4.31 Å². The highest BCUT2D eigenvalue weighted by molar-refractivity contribution is 7.92. The van der Waals surface area contributed by atoms with E-state index in [2.05, 4.69) is 0 Å². The average molecular weight is 409 g/mol. The van der Waals surface area contributed by atoms with Crippen molar-refractivity contribution in [1.29, 1.82) is 0 Å². The summed E-state index contributed by atoms with van der Waals surface area (Å²) in [6, 6.07) is 8.39. The van der Waals surface area contributed by atoms with E-state index in [9.17, 15) is 13.2 Å². The Morgan fingerprint density at radius 3 is 2.33 bits per heavy atom.